The summed E-state index contributed by atoms with van der Waals surface area (Å²) in [7, 11) is 1.63. The molecule has 3 aliphatic rings. The molecule has 3 fully saturated rings. The van der Waals surface area contributed by atoms with Crippen LogP contribution in [0.15, 0.2) is 0 Å². The molecule has 0 bridgehead atoms. The second-order valence-corrected chi connectivity index (χ2v) is 7.11. The number of methoxy groups -OCH3 is 1. The van der Waals surface area contributed by atoms with Crippen molar-refractivity contribution in [1.29, 1.82) is 0 Å². The monoisotopic (exact) mass is 310 g/mol. The summed E-state index contributed by atoms with van der Waals surface area (Å²) in [5, 5.41) is 13.3. The Labute approximate surface area is 131 Å². The predicted molar refractivity (Wildman–Crippen MR) is 80.0 cm³/mol. The number of amides is 2. The third kappa shape index (κ3) is 2.33. The van der Waals surface area contributed by atoms with E-state index in [0.717, 1.165) is 25.7 Å². The van der Waals surface area contributed by atoms with Gasteiger partial charge in [0.15, 0.2) is 0 Å². The highest BCUT2D eigenvalue weighted by atomic mass is 16.5. The van der Waals surface area contributed by atoms with E-state index in [1.54, 1.807) is 12.0 Å². The first-order valence-electron chi connectivity index (χ1n) is 8.29. The number of hydrogen-bond acceptors (Lipinski definition) is 4. The van der Waals surface area contributed by atoms with Gasteiger partial charge in [-0.25, -0.2) is 0 Å². The third-order valence-corrected chi connectivity index (χ3v) is 5.79. The maximum absolute atomic E-state index is 13.0. The number of piperidine rings is 2. The minimum atomic E-state index is -0.815. The second-order valence-electron chi connectivity index (χ2n) is 7.11. The quantitative estimate of drug-likeness (QED) is 0.785. The van der Waals surface area contributed by atoms with Gasteiger partial charge in [-0.1, -0.05) is 6.42 Å². The third-order valence-electron chi connectivity index (χ3n) is 5.79. The van der Waals surface area contributed by atoms with E-state index in [4.69, 9.17) is 4.74 Å². The van der Waals surface area contributed by atoms with Gasteiger partial charge in [0, 0.05) is 26.7 Å². The van der Waals surface area contributed by atoms with Crippen molar-refractivity contribution in [2.75, 3.05) is 33.4 Å². The van der Waals surface area contributed by atoms with Crippen molar-refractivity contribution in [2.24, 2.45) is 10.8 Å². The number of ether oxygens (including phenoxy) is 1. The highest BCUT2D eigenvalue weighted by Gasteiger charge is 2.54. The van der Waals surface area contributed by atoms with E-state index in [1.807, 2.05) is 0 Å². The van der Waals surface area contributed by atoms with Crippen LogP contribution < -0.4 is 5.32 Å². The number of hydrogen-bond donors (Lipinski definition) is 2. The van der Waals surface area contributed by atoms with Gasteiger partial charge >= 0.3 is 0 Å². The molecule has 2 N–H and O–H groups in total. The van der Waals surface area contributed by atoms with E-state index in [2.05, 4.69) is 5.32 Å². The lowest BCUT2D eigenvalue weighted by Gasteiger charge is -2.50. The number of aliphatic hydroxyl groups excluding tert-OH is 1. The van der Waals surface area contributed by atoms with Crippen molar-refractivity contribution in [3.05, 3.63) is 0 Å². The molecule has 1 spiro atoms. The number of nitrogens with zero attached hydrogens (tertiary/aromatic N) is 1. The molecule has 3 rings (SSSR count). The van der Waals surface area contributed by atoms with E-state index >= 15 is 0 Å². The number of rotatable bonds is 3. The van der Waals surface area contributed by atoms with Crippen molar-refractivity contribution >= 4 is 11.8 Å². The smallest absolute Gasteiger partial charge is 0.231 e. The molecule has 2 heterocycles. The van der Waals surface area contributed by atoms with Gasteiger partial charge in [0.25, 0.3) is 0 Å². The summed E-state index contributed by atoms with van der Waals surface area (Å²) >= 11 is 0. The molecule has 0 aromatic heterocycles. The van der Waals surface area contributed by atoms with Crippen LogP contribution in [0.1, 0.15) is 38.5 Å². The number of carbonyl (C=O) groups is 2. The van der Waals surface area contributed by atoms with Crippen LogP contribution in [0.4, 0.5) is 0 Å². The molecule has 6 heteroatoms. The maximum atomic E-state index is 13.0. The zero-order valence-corrected chi connectivity index (χ0v) is 13.3. The van der Waals surface area contributed by atoms with Gasteiger partial charge in [0.1, 0.15) is 0 Å². The topological polar surface area (TPSA) is 78.9 Å². The average molecular weight is 310 g/mol. The van der Waals surface area contributed by atoms with Gasteiger partial charge in [0.2, 0.25) is 11.8 Å². The van der Waals surface area contributed by atoms with E-state index in [-0.39, 0.29) is 11.8 Å². The molecule has 2 amide bonds. The average Bonchev–Trinajstić information content (AvgIpc) is 2.48. The van der Waals surface area contributed by atoms with Gasteiger partial charge in [0.05, 0.1) is 23.5 Å². The van der Waals surface area contributed by atoms with Crippen LogP contribution in [0, 0.1) is 10.8 Å². The molecule has 0 radical (unpaired) electrons. The fraction of sp³-hybridized carbons (Fsp3) is 0.875. The zero-order chi connectivity index (χ0) is 15.8. The normalized spacial score (nSPS) is 34.2. The van der Waals surface area contributed by atoms with E-state index in [0.29, 0.717) is 39.1 Å². The van der Waals surface area contributed by atoms with E-state index in [1.165, 1.54) is 0 Å². The summed E-state index contributed by atoms with van der Waals surface area (Å²) in [6.45, 7) is 1.98. The highest BCUT2D eigenvalue weighted by molar-refractivity contribution is 5.88. The lowest BCUT2D eigenvalue weighted by molar-refractivity contribution is -0.165. The highest BCUT2D eigenvalue weighted by Crippen LogP contribution is 2.45. The molecule has 22 heavy (non-hydrogen) atoms. The molecule has 124 valence electrons. The van der Waals surface area contributed by atoms with Crippen LogP contribution in [-0.4, -0.2) is 61.3 Å². The Morgan fingerprint density at radius 2 is 2.18 bits per heavy atom. The number of likely N-dealkylation sites (tertiary alicyclic amines) is 1. The molecule has 0 aromatic rings. The Kier molecular flexibility index (Phi) is 4.16. The largest absolute Gasteiger partial charge is 0.392 e. The molecule has 1 saturated carbocycles. The molecule has 6 nitrogen and oxygen atoms in total. The molecular formula is C16H26N2O4. The summed E-state index contributed by atoms with van der Waals surface area (Å²) in [5.74, 6) is 0.00315. The molecule has 0 unspecified atom stereocenters. The summed E-state index contributed by atoms with van der Waals surface area (Å²) in [6.07, 6.45) is 4.10. The molecule has 2 atom stereocenters. The SMILES string of the molecule is COCC1(C(=O)N2CC[C@H](O)[C@@]3(CCCNC3=O)C2)CCC1. The van der Waals surface area contributed by atoms with Crippen molar-refractivity contribution in [2.45, 2.75) is 44.6 Å². The second kappa shape index (κ2) is 5.81. The van der Waals surface area contributed by atoms with Gasteiger partial charge in [-0.2, -0.15) is 0 Å². The van der Waals surface area contributed by atoms with Crippen molar-refractivity contribution in [3.8, 4) is 0 Å². The van der Waals surface area contributed by atoms with E-state index < -0.39 is 16.9 Å². The minimum Gasteiger partial charge on any atom is -0.392 e. The standard InChI is InChI=1S/C16H26N2O4/c1-22-11-15(5-2-6-15)14(21)18-9-4-12(19)16(10-18)7-3-8-17-13(16)20/h12,19H,2-11H2,1H3,(H,17,20)/t12-,16+/m0/s1. The molecule has 2 aliphatic heterocycles. The number of nitrogens with one attached hydrogen (secondary N) is 1. The van der Waals surface area contributed by atoms with E-state index in [9.17, 15) is 14.7 Å². The number of carbonyl (C=O) groups excluding carboxylic acids is 2. The predicted octanol–water partition coefficient (Wildman–Crippen LogP) is 0.293. The first kappa shape index (κ1) is 15.7. The van der Waals surface area contributed by atoms with Crippen LogP contribution in [0.5, 0.6) is 0 Å². The Hall–Kier alpha value is -1.14. The van der Waals surface area contributed by atoms with Gasteiger partial charge in [-0.3, -0.25) is 9.59 Å². The Morgan fingerprint density at radius 3 is 2.77 bits per heavy atom. The lowest BCUT2D eigenvalue weighted by atomic mass is 9.66. The Balaban J connectivity index is 1.78. The van der Waals surface area contributed by atoms with Crippen LogP contribution >= 0.6 is 0 Å². The fourth-order valence-electron chi connectivity index (χ4n) is 4.25. The molecule has 0 aromatic carbocycles. The Bertz CT molecular complexity index is 463. The van der Waals surface area contributed by atoms with Gasteiger partial charge < -0.3 is 20.1 Å². The first-order chi connectivity index (χ1) is 10.5. The van der Waals surface area contributed by atoms with Crippen LogP contribution in [0.2, 0.25) is 0 Å². The first-order valence-corrected chi connectivity index (χ1v) is 8.29. The Morgan fingerprint density at radius 1 is 1.41 bits per heavy atom. The van der Waals surface area contributed by atoms with Crippen molar-refractivity contribution in [1.82, 2.24) is 10.2 Å². The minimum absolute atomic E-state index is 0.0989. The molecule has 1 aliphatic carbocycles. The summed E-state index contributed by atoms with van der Waals surface area (Å²) in [6, 6.07) is 0. The fourth-order valence-corrected chi connectivity index (χ4v) is 4.25. The van der Waals surface area contributed by atoms with Crippen molar-refractivity contribution in [3.63, 3.8) is 0 Å². The summed E-state index contributed by atoms with van der Waals surface area (Å²) in [4.78, 5) is 27.1. The van der Waals surface area contributed by atoms with Crippen LogP contribution in [0.25, 0.3) is 0 Å². The number of aliphatic hydroxyl groups is 1. The summed E-state index contributed by atoms with van der Waals surface area (Å²) < 4.78 is 5.26. The zero-order valence-electron chi connectivity index (χ0n) is 13.3. The van der Waals surface area contributed by atoms with Crippen LogP contribution in [0.3, 0.4) is 0 Å². The molecular weight excluding hydrogens is 284 g/mol. The van der Waals surface area contributed by atoms with Gasteiger partial charge in [-0.05, 0) is 32.1 Å². The maximum Gasteiger partial charge on any atom is 0.231 e. The van der Waals surface area contributed by atoms with Crippen molar-refractivity contribution < 1.29 is 19.4 Å². The van der Waals surface area contributed by atoms with Gasteiger partial charge in [-0.15, -0.1) is 0 Å². The van der Waals surface area contributed by atoms with Crippen LogP contribution in [-0.2, 0) is 14.3 Å². The lowest BCUT2D eigenvalue weighted by Crippen LogP contribution is -2.64. The molecule has 2 saturated heterocycles. The summed E-state index contributed by atoms with van der Waals surface area (Å²) in [5.41, 5.74) is -1.21.